The summed E-state index contributed by atoms with van der Waals surface area (Å²) >= 11 is 0. The maximum Gasteiger partial charge on any atom is 0.227 e. The first-order valence-corrected chi connectivity index (χ1v) is 8.68. The Morgan fingerprint density at radius 1 is 1.08 bits per heavy atom. The van der Waals surface area contributed by atoms with E-state index in [0.717, 1.165) is 30.0 Å². The summed E-state index contributed by atoms with van der Waals surface area (Å²) in [7, 11) is 0. The molecule has 128 valence electrons. The number of carbonyl (C=O) groups excluding carboxylic acids is 1. The van der Waals surface area contributed by atoms with E-state index in [0.29, 0.717) is 5.92 Å². The number of hydrogen-bond acceptors (Lipinski definition) is 3. The molecule has 0 fully saturated rings. The van der Waals surface area contributed by atoms with Crippen LogP contribution in [0.1, 0.15) is 52.0 Å². The lowest BCUT2D eigenvalue weighted by Crippen LogP contribution is -2.21. The summed E-state index contributed by atoms with van der Waals surface area (Å²) in [5, 5.41) is 6.29. The third-order valence-electron chi connectivity index (χ3n) is 4.23. The number of benzene rings is 1. The number of hydrogen-bond donors (Lipinski definition) is 2. The van der Waals surface area contributed by atoms with Crippen molar-refractivity contribution in [2.45, 2.75) is 46.5 Å². The molecule has 4 nitrogen and oxygen atoms in total. The van der Waals surface area contributed by atoms with Crippen LogP contribution in [0.4, 0.5) is 17.2 Å². The van der Waals surface area contributed by atoms with E-state index in [9.17, 15) is 4.79 Å². The fraction of sp³-hybridized carbons (Fsp3) is 0.400. The summed E-state index contributed by atoms with van der Waals surface area (Å²) in [6, 6.07) is 12.0. The molecule has 0 aliphatic rings. The van der Waals surface area contributed by atoms with Gasteiger partial charge in [-0.15, -0.1) is 0 Å². The van der Waals surface area contributed by atoms with Crippen molar-refractivity contribution in [3.05, 3.63) is 48.2 Å². The second-order valence-corrected chi connectivity index (χ2v) is 6.30. The number of pyridine rings is 1. The smallest absolute Gasteiger partial charge is 0.227 e. The van der Waals surface area contributed by atoms with Gasteiger partial charge in [0.1, 0.15) is 5.82 Å². The molecule has 1 heterocycles. The standard InChI is InChI=1S/C20H27N3O/c1-5-15(6-2)20(24)22-16-11-12-19(21-13-16)23-18-10-8-7-9-17(18)14(3)4/h7-15H,5-6H2,1-4H3,(H,21,23)(H,22,24). The molecule has 0 unspecified atom stereocenters. The Kier molecular flexibility index (Phi) is 6.36. The molecular formula is C20H27N3O. The normalized spacial score (nSPS) is 10.9. The Morgan fingerprint density at radius 3 is 2.38 bits per heavy atom. The topological polar surface area (TPSA) is 54.0 Å². The highest BCUT2D eigenvalue weighted by atomic mass is 16.1. The van der Waals surface area contributed by atoms with Crippen molar-refractivity contribution >= 4 is 23.1 Å². The van der Waals surface area contributed by atoms with Crippen LogP contribution in [0.15, 0.2) is 42.6 Å². The number of para-hydroxylation sites is 1. The summed E-state index contributed by atoms with van der Waals surface area (Å²) in [5.74, 6) is 1.32. The average Bonchev–Trinajstić information content (AvgIpc) is 2.58. The molecule has 2 rings (SSSR count). The Balaban J connectivity index is 2.06. The highest BCUT2D eigenvalue weighted by Gasteiger charge is 2.14. The molecule has 1 aromatic heterocycles. The average molecular weight is 325 g/mol. The van der Waals surface area contributed by atoms with Crippen LogP contribution in [0.5, 0.6) is 0 Å². The summed E-state index contributed by atoms with van der Waals surface area (Å²) in [6.45, 7) is 8.41. The van der Waals surface area contributed by atoms with E-state index in [1.165, 1.54) is 5.56 Å². The van der Waals surface area contributed by atoms with E-state index >= 15 is 0 Å². The van der Waals surface area contributed by atoms with Gasteiger partial charge in [0.05, 0.1) is 11.9 Å². The van der Waals surface area contributed by atoms with Gasteiger partial charge < -0.3 is 10.6 Å². The van der Waals surface area contributed by atoms with Crippen molar-refractivity contribution in [1.82, 2.24) is 4.98 Å². The minimum atomic E-state index is 0.0562. The van der Waals surface area contributed by atoms with Crippen LogP contribution in [-0.4, -0.2) is 10.9 Å². The molecular weight excluding hydrogens is 298 g/mol. The molecule has 0 saturated heterocycles. The molecule has 0 bridgehead atoms. The Hall–Kier alpha value is -2.36. The first kappa shape index (κ1) is 18.0. The van der Waals surface area contributed by atoms with Crippen molar-refractivity contribution in [1.29, 1.82) is 0 Å². The highest BCUT2D eigenvalue weighted by Crippen LogP contribution is 2.26. The first-order chi connectivity index (χ1) is 11.5. The molecule has 0 saturated carbocycles. The number of anilines is 3. The number of nitrogens with one attached hydrogen (secondary N) is 2. The summed E-state index contributed by atoms with van der Waals surface area (Å²) in [4.78, 5) is 16.5. The van der Waals surface area contributed by atoms with Crippen LogP contribution in [0.2, 0.25) is 0 Å². The van der Waals surface area contributed by atoms with E-state index < -0.39 is 0 Å². The highest BCUT2D eigenvalue weighted by molar-refractivity contribution is 5.92. The fourth-order valence-electron chi connectivity index (χ4n) is 2.70. The van der Waals surface area contributed by atoms with E-state index in [-0.39, 0.29) is 11.8 Å². The lowest BCUT2D eigenvalue weighted by Gasteiger charge is -2.15. The van der Waals surface area contributed by atoms with Crippen LogP contribution in [-0.2, 0) is 4.79 Å². The van der Waals surface area contributed by atoms with Crippen molar-refractivity contribution < 1.29 is 4.79 Å². The number of nitrogens with zero attached hydrogens (tertiary/aromatic N) is 1. The number of aromatic nitrogens is 1. The van der Waals surface area contributed by atoms with Crippen molar-refractivity contribution in [3.63, 3.8) is 0 Å². The zero-order chi connectivity index (χ0) is 17.5. The molecule has 1 aromatic carbocycles. The van der Waals surface area contributed by atoms with Crippen molar-refractivity contribution in [2.75, 3.05) is 10.6 Å². The predicted molar refractivity (Wildman–Crippen MR) is 101 cm³/mol. The molecule has 0 aliphatic carbocycles. The van der Waals surface area contributed by atoms with Gasteiger partial charge in [-0.1, -0.05) is 45.9 Å². The molecule has 1 amide bonds. The van der Waals surface area contributed by atoms with Gasteiger partial charge in [-0.05, 0) is 42.5 Å². The zero-order valence-electron chi connectivity index (χ0n) is 15.0. The molecule has 2 aromatic rings. The van der Waals surface area contributed by atoms with Crippen LogP contribution in [0.3, 0.4) is 0 Å². The third kappa shape index (κ3) is 4.57. The van der Waals surface area contributed by atoms with Crippen LogP contribution in [0, 0.1) is 5.92 Å². The number of carbonyl (C=O) groups is 1. The molecule has 2 N–H and O–H groups in total. The molecule has 0 aliphatic heterocycles. The Morgan fingerprint density at radius 2 is 1.79 bits per heavy atom. The monoisotopic (exact) mass is 325 g/mol. The minimum Gasteiger partial charge on any atom is -0.340 e. The molecule has 0 spiro atoms. The molecule has 0 atom stereocenters. The maximum atomic E-state index is 12.1. The Labute approximate surface area is 144 Å². The lowest BCUT2D eigenvalue weighted by atomic mass is 10.0. The van der Waals surface area contributed by atoms with Crippen molar-refractivity contribution in [2.24, 2.45) is 5.92 Å². The fourth-order valence-corrected chi connectivity index (χ4v) is 2.70. The van der Waals surface area contributed by atoms with Gasteiger partial charge in [-0.2, -0.15) is 0 Å². The second-order valence-electron chi connectivity index (χ2n) is 6.30. The summed E-state index contributed by atoms with van der Waals surface area (Å²) in [5.41, 5.74) is 3.05. The SMILES string of the molecule is CCC(CC)C(=O)Nc1ccc(Nc2ccccc2C(C)C)nc1. The molecule has 4 heteroatoms. The van der Waals surface area contributed by atoms with E-state index in [2.05, 4.69) is 41.6 Å². The number of rotatable bonds is 7. The van der Waals surface area contributed by atoms with E-state index in [1.54, 1.807) is 6.20 Å². The first-order valence-electron chi connectivity index (χ1n) is 8.68. The minimum absolute atomic E-state index is 0.0562. The van der Waals surface area contributed by atoms with E-state index in [1.807, 2.05) is 38.1 Å². The summed E-state index contributed by atoms with van der Waals surface area (Å²) < 4.78 is 0. The number of amides is 1. The third-order valence-corrected chi connectivity index (χ3v) is 4.23. The summed E-state index contributed by atoms with van der Waals surface area (Å²) in [6.07, 6.45) is 3.39. The van der Waals surface area contributed by atoms with Gasteiger partial charge in [-0.25, -0.2) is 4.98 Å². The van der Waals surface area contributed by atoms with Gasteiger partial charge >= 0.3 is 0 Å². The molecule has 24 heavy (non-hydrogen) atoms. The van der Waals surface area contributed by atoms with Gasteiger partial charge in [0.2, 0.25) is 5.91 Å². The lowest BCUT2D eigenvalue weighted by molar-refractivity contribution is -0.120. The second kappa shape index (κ2) is 8.48. The van der Waals surface area contributed by atoms with Gasteiger partial charge in [0.25, 0.3) is 0 Å². The Bertz CT molecular complexity index is 661. The largest absolute Gasteiger partial charge is 0.340 e. The predicted octanol–water partition coefficient (Wildman–Crippen LogP) is 5.32. The van der Waals surface area contributed by atoms with Crippen molar-refractivity contribution in [3.8, 4) is 0 Å². The van der Waals surface area contributed by atoms with Gasteiger partial charge in [0, 0.05) is 11.6 Å². The zero-order valence-corrected chi connectivity index (χ0v) is 15.0. The van der Waals surface area contributed by atoms with Gasteiger partial charge in [0.15, 0.2) is 0 Å². The van der Waals surface area contributed by atoms with Crippen LogP contribution >= 0.6 is 0 Å². The quantitative estimate of drug-likeness (QED) is 0.724. The van der Waals surface area contributed by atoms with Crippen LogP contribution < -0.4 is 10.6 Å². The van der Waals surface area contributed by atoms with Gasteiger partial charge in [-0.3, -0.25) is 4.79 Å². The van der Waals surface area contributed by atoms with E-state index in [4.69, 9.17) is 0 Å². The van der Waals surface area contributed by atoms with Crippen LogP contribution in [0.25, 0.3) is 0 Å². The molecule has 0 radical (unpaired) electrons. The maximum absolute atomic E-state index is 12.1.